The van der Waals surface area contributed by atoms with Crippen molar-refractivity contribution in [2.45, 2.75) is 19.9 Å². The van der Waals surface area contributed by atoms with Crippen LogP contribution in [0.25, 0.3) is 0 Å². The van der Waals surface area contributed by atoms with Gasteiger partial charge in [-0.05, 0) is 20.9 Å². The highest BCUT2D eigenvalue weighted by molar-refractivity contribution is 5.79. The molecule has 0 N–H and O–H groups in total. The van der Waals surface area contributed by atoms with Crippen LogP contribution in [0.2, 0.25) is 0 Å². The van der Waals surface area contributed by atoms with E-state index in [2.05, 4.69) is 30.8 Å². The van der Waals surface area contributed by atoms with Gasteiger partial charge in [-0.1, -0.05) is 0 Å². The van der Waals surface area contributed by atoms with Gasteiger partial charge in [-0.15, -0.1) is 0 Å². The van der Waals surface area contributed by atoms with Crippen molar-refractivity contribution in [3.05, 3.63) is 0 Å². The second-order valence-corrected chi connectivity index (χ2v) is 4.54. The number of nitrogens with zero attached hydrogens (tertiary/aromatic N) is 4. The van der Waals surface area contributed by atoms with E-state index in [0.29, 0.717) is 6.04 Å². The van der Waals surface area contributed by atoms with Crippen molar-refractivity contribution in [2.24, 2.45) is 4.99 Å². The number of likely N-dealkylation sites (N-methyl/N-ethyl adjacent to an activating group) is 1. The number of hydrogen-bond acceptors (Lipinski definition) is 2. The topological polar surface area (TPSA) is 22.1 Å². The molecule has 0 aromatic heterocycles. The van der Waals surface area contributed by atoms with Gasteiger partial charge in [-0.3, -0.25) is 4.99 Å². The second kappa shape index (κ2) is 6.67. The zero-order valence-electron chi connectivity index (χ0n) is 11.3. The Labute approximate surface area is 94.6 Å². The number of aliphatic imine (C=N–C) groups is 1. The van der Waals surface area contributed by atoms with Crippen molar-refractivity contribution < 1.29 is 0 Å². The molecule has 4 nitrogen and oxygen atoms in total. The first-order valence-corrected chi connectivity index (χ1v) is 5.45. The van der Waals surface area contributed by atoms with Crippen LogP contribution in [0.3, 0.4) is 0 Å². The normalized spacial score (nSPS) is 10.7. The molecule has 0 aromatic carbocycles. The molecule has 90 valence electrons. The van der Waals surface area contributed by atoms with E-state index in [0.717, 1.165) is 19.0 Å². The fourth-order valence-electron chi connectivity index (χ4n) is 1.25. The van der Waals surface area contributed by atoms with Crippen molar-refractivity contribution >= 4 is 5.96 Å². The molecular weight excluding hydrogens is 188 g/mol. The molecule has 4 heteroatoms. The molecular formula is C11H26N4. The number of guanidine groups is 1. The van der Waals surface area contributed by atoms with Gasteiger partial charge in [-0.2, -0.15) is 0 Å². The van der Waals surface area contributed by atoms with Crippen LogP contribution in [-0.2, 0) is 0 Å². The van der Waals surface area contributed by atoms with Crippen LogP contribution in [-0.4, -0.2) is 75.0 Å². The van der Waals surface area contributed by atoms with Crippen LogP contribution >= 0.6 is 0 Å². The monoisotopic (exact) mass is 214 g/mol. The summed E-state index contributed by atoms with van der Waals surface area (Å²) >= 11 is 0. The molecule has 0 heterocycles. The molecule has 15 heavy (non-hydrogen) atoms. The van der Waals surface area contributed by atoms with Crippen LogP contribution in [0.4, 0.5) is 0 Å². The minimum absolute atomic E-state index is 0.586. The maximum atomic E-state index is 4.57. The van der Waals surface area contributed by atoms with Gasteiger partial charge in [0.2, 0.25) is 0 Å². The molecule has 0 amide bonds. The quantitative estimate of drug-likeness (QED) is 0.511. The molecule has 0 fully saturated rings. The zero-order chi connectivity index (χ0) is 12.0. The van der Waals surface area contributed by atoms with Gasteiger partial charge < -0.3 is 14.7 Å². The third-order valence-corrected chi connectivity index (χ3v) is 2.39. The molecule has 0 rings (SSSR count). The van der Waals surface area contributed by atoms with E-state index >= 15 is 0 Å². The van der Waals surface area contributed by atoms with Crippen molar-refractivity contribution in [1.29, 1.82) is 0 Å². The molecule has 0 saturated carbocycles. The predicted octanol–water partition coefficient (Wildman–Crippen LogP) is 0.806. The molecule has 0 aromatic rings. The van der Waals surface area contributed by atoms with E-state index in [1.165, 1.54) is 0 Å². The van der Waals surface area contributed by atoms with Gasteiger partial charge in [0, 0.05) is 40.8 Å². The standard InChI is InChI=1S/C11H26N4/c1-10(2)15(7)9-8-12-11(13(3)4)14(5)6/h10H,8-9H2,1-7H3. The fourth-order valence-corrected chi connectivity index (χ4v) is 1.25. The minimum Gasteiger partial charge on any atom is -0.349 e. The van der Waals surface area contributed by atoms with Gasteiger partial charge in [0.25, 0.3) is 0 Å². The molecule has 0 unspecified atom stereocenters. The maximum absolute atomic E-state index is 4.57. The van der Waals surface area contributed by atoms with Gasteiger partial charge in [0.15, 0.2) is 5.96 Å². The van der Waals surface area contributed by atoms with E-state index in [-0.39, 0.29) is 0 Å². The van der Waals surface area contributed by atoms with Crippen LogP contribution < -0.4 is 0 Å². The van der Waals surface area contributed by atoms with Crippen LogP contribution in [0.1, 0.15) is 13.8 Å². The summed E-state index contributed by atoms with van der Waals surface area (Å²) in [6.45, 7) is 6.24. The molecule has 0 aliphatic carbocycles. The van der Waals surface area contributed by atoms with Crippen molar-refractivity contribution in [2.75, 3.05) is 48.3 Å². The van der Waals surface area contributed by atoms with E-state index in [9.17, 15) is 0 Å². The molecule has 0 aliphatic rings. The summed E-state index contributed by atoms with van der Waals surface area (Å²) in [7, 11) is 10.2. The average molecular weight is 214 g/mol. The second-order valence-electron chi connectivity index (χ2n) is 4.54. The lowest BCUT2D eigenvalue weighted by Gasteiger charge is -2.24. The highest BCUT2D eigenvalue weighted by Crippen LogP contribution is 1.94. The lowest BCUT2D eigenvalue weighted by molar-refractivity contribution is 0.281. The maximum Gasteiger partial charge on any atom is 0.195 e. The lowest BCUT2D eigenvalue weighted by Crippen LogP contribution is -2.36. The van der Waals surface area contributed by atoms with E-state index in [1.54, 1.807) is 0 Å². The Hall–Kier alpha value is -0.770. The molecule has 0 saturated heterocycles. The third kappa shape index (κ3) is 5.62. The van der Waals surface area contributed by atoms with Crippen LogP contribution in [0.15, 0.2) is 4.99 Å². The van der Waals surface area contributed by atoms with E-state index in [1.807, 2.05) is 38.0 Å². The number of rotatable bonds is 4. The molecule has 0 atom stereocenters. The average Bonchev–Trinajstić information content (AvgIpc) is 2.10. The summed E-state index contributed by atoms with van der Waals surface area (Å²) < 4.78 is 0. The van der Waals surface area contributed by atoms with Crippen molar-refractivity contribution in [3.63, 3.8) is 0 Å². The SMILES string of the molecule is CC(C)N(C)CCN=C(N(C)C)N(C)C. The third-order valence-electron chi connectivity index (χ3n) is 2.39. The smallest absolute Gasteiger partial charge is 0.195 e. The predicted molar refractivity (Wildman–Crippen MR) is 67.4 cm³/mol. The Morgan fingerprint density at radius 3 is 1.80 bits per heavy atom. The summed E-state index contributed by atoms with van der Waals surface area (Å²) in [5.41, 5.74) is 0. The van der Waals surface area contributed by atoms with Crippen LogP contribution in [0.5, 0.6) is 0 Å². The highest BCUT2D eigenvalue weighted by atomic mass is 15.3. The van der Waals surface area contributed by atoms with E-state index in [4.69, 9.17) is 0 Å². The lowest BCUT2D eigenvalue weighted by atomic mass is 10.3. The van der Waals surface area contributed by atoms with Gasteiger partial charge in [0.05, 0.1) is 6.54 Å². The first-order chi connectivity index (χ1) is 6.86. The molecule has 0 bridgehead atoms. The van der Waals surface area contributed by atoms with Crippen molar-refractivity contribution in [3.8, 4) is 0 Å². The summed E-state index contributed by atoms with van der Waals surface area (Å²) in [5, 5.41) is 0. The Morgan fingerprint density at radius 1 is 1.00 bits per heavy atom. The summed E-state index contributed by atoms with van der Waals surface area (Å²) in [5.74, 6) is 1.02. The Morgan fingerprint density at radius 2 is 1.47 bits per heavy atom. The Bertz CT molecular complexity index is 187. The summed E-state index contributed by atoms with van der Waals surface area (Å²) in [6.07, 6.45) is 0. The summed E-state index contributed by atoms with van der Waals surface area (Å²) in [4.78, 5) is 10.9. The van der Waals surface area contributed by atoms with Gasteiger partial charge >= 0.3 is 0 Å². The van der Waals surface area contributed by atoms with Crippen LogP contribution in [0, 0.1) is 0 Å². The Kier molecular flexibility index (Phi) is 6.32. The zero-order valence-corrected chi connectivity index (χ0v) is 11.3. The van der Waals surface area contributed by atoms with Gasteiger partial charge in [0.1, 0.15) is 0 Å². The van der Waals surface area contributed by atoms with Gasteiger partial charge in [-0.25, -0.2) is 0 Å². The molecule has 0 radical (unpaired) electrons. The largest absolute Gasteiger partial charge is 0.349 e. The Balaban J connectivity index is 4.12. The highest BCUT2D eigenvalue weighted by Gasteiger charge is 2.05. The van der Waals surface area contributed by atoms with Crippen molar-refractivity contribution in [1.82, 2.24) is 14.7 Å². The minimum atomic E-state index is 0.586. The molecule has 0 aliphatic heterocycles. The first kappa shape index (κ1) is 14.2. The molecule has 0 spiro atoms. The summed E-state index contributed by atoms with van der Waals surface area (Å²) in [6, 6.07) is 0.586. The number of hydrogen-bond donors (Lipinski definition) is 0. The fraction of sp³-hybridized carbons (Fsp3) is 0.909. The van der Waals surface area contributed by atoms with E-state index < -0.39 is 0 Å². The first-order valence-electron chi connectivity index (χ1n) is 5.45.